The van der Waals surface area contributed by atoms with Gasteiger partial charge >= 0.3 is 5.97 Å². The van der Waals surface area contributed by atoms with Crippen molar-refractivity contribution in [1.82, 2.24) is 5.32 Å². The van der Waals surface area contributed by atoms with Gasteiger partial charge in [-0.1, -0.05) is 62.2 Å². The smallest absolute Gasteiger partial charge is 0.333 e. The van der Waals surface area contributed by atoms with Gasteiger partial charge < -0.3 is 5.11 Å². The molecule has 2 atom stereocenters. The molecule has 118 valence electrons. The molecule has 1 aliphatic rings. The van der Waals surface area contributed by atoms with E-state index in [2.05, 4.69) is 49.3 Å². The van der Waals surface area contributed by atoms with E-state index in [9.17, 15) is 9.90 Å². The summed E-state index contributed by atoms with van der Waals surface area (Å²) in [7, 11) is 0. The molecule has 0 saturated carbocycles. The van der Waals surface area contributed by atoms with Crippen molar-refractivity contribution in [2.24, 2.45) is 0 Å². The summed E-state index contributed by atoms with van der Waals surface area (Å²) < 4.78 is 1.95. The molecule has 2 aromatic rings. The van der Waals surface area contributed by atoms with Crippen molar-refractivity contribution in [3.8, 4) is 0 Å². The SMILES string of the molecule is O=C(O)C1=CCC(c2cccc(Br)c2)NC1c1cccc(Br)c1. The summed E-state index contributed by atoms with van der Waals surface area (Å²) in [4.78, 5) is 11.6. The fourth-order valence-electron chi connectivity index (χ4n) is 2.85. The maximum absolute atomic E-state index is 11.6. The zero-order valence-corrected chi connectivity index (χ0v) is 15.3. The standard InChI is InChI=1S/C18H15Br2NO2/c19-13-5-1-3-11(9-13)16-8-7-15(18(22)23)17(21-16)12-4-2-6-14(20)10-12/h1-7,9-10,16-17,21H,8H2,(H,22,23). The number of carbonyl (C=O) groups is 1. The first-order valence-corrected chi connectivity index (χ1v) is 8.83. The third-order valence-corrected chi connectivity index (χ3v) is 4.92. The molecule has 5 heteroatoms. The van der Waals surface area contributed by atoms with Crippen molar-refractivity contribution < 1.29 is 9.90 Å². The van der Waals surface area contributed by atoms with E-state index < -0.39 is 5.97 Å². The molecule has 1 heterocycles. The highest BCUT2D eigenvalue weighted by Gasteiger charge is 2.29. The van der Waals surface area contributed by atoms with E-state index in [1.165, 1.54) is 0 Å². The molecule has 2 aromatic carbocycles. The van der Waals surface area contributed by atoms with Gasteiger partial charge in [0.2, 0.25) is 0 Å². The average Bonchev–Trinajstić information content (AvgIpc) is 2.54. The topological polar surface area (TPSA) is 49.3 Å². The van der Waals surface area contributed by atoms with Gasteiger partial charge in [0, 0.05) is 15.0 Å². The molecule has 1 aliphatic heterocycles. The van der Waals surface area contributed by atoms with Crippen LogP contribution in [-0.2, 0) is 4.79 Å². The van der Waals surface area contributed by atoms with Gasteiger partial charge in [0.1, 0.15) is 0 Å². The third kappa shape index (κ3) is 3.74. The van der Waals surface area contributed by atoms with Crippen LogP contribution in [0.2, 0.25) is 0 Å². The number of rotatable bonds is 3. The van der Waals surface area contributed by atoms with Crippen molar-refractivity contribution in [2.45, 2.75) is 18.5 Å². The van der Waals surface area contributed by atoms with Crippen molar-refractivity contribution in [3.63, 3.8) is 0 Å². The van der Waals surface area contributed by atoms with Crippen molar-refractivity contribution in [2.75, 3.05) is 0 Å². The summed E-state index contributed by atoms with van der Waals surface area (Å²) in [6, 6.07) is 15.6. The second-order valence-electron chi connectivity index (χ2n) is 5.46. The zero-order valence-electron chi connectivity index (χ0n) is 12.2. The fraction of sp³-hybridized carbons (Fsp3) is 0.167. The number of nitrogens with one attached hydrogen (secondary N) is 1. The van der Waals surface area contributed by atoms with Crippen LogP contribution in [0.15, 0.2) is 69.1 Å². The Kier molecular flexibility index (Phi) is 4.99. The lowest BCUT2D eigenvalue weighted by atomic mass is 9.89. The molecular weight excluding hydrogens is 422 g/mol. The van der Waals surface area contributed by atoms with Crippen LogP contribution in [-0.4, -0.2) is 11.1 Å². The van der Waals surface area contributed by atoms with E-state index in [-0.39, 0.29) is 12.1 Å². The van der Waals surface area contributed by atoms with Gasteiger partial charge in [-0.2, -0.15) is 0 Å². The zero-order chi connectivity index (χ0) is 16.4. The van der Waals surface area contributed by atoms with Gasteiger partial charge in [0.05, 0.1) is 11.6 Å². The van der Waals surface area contributed by atoms with Gasteiger partial charge in [-0.3, -0.25) is 5.32 Å². The van der Waals surface area contributed by atoms with Gasteiger partial charge in [0.15, 0.2) is 0 Å². The Bertz CT molecular complexity index is 773. The molecule has 0 bridgehead atoms. The highest BCUT2D eigenvalue weighted by Crippen LogP contribution is 2.34. The van der Waals surface area contributed by atoms with Crippen LogP contribution in [0.1, 0.15) is 29.6 Å². The second kappa shape index (κ2) is 6.99. The predicted molar refractivity (Wildman–Crippen MR) is 97.2 cm³/mol. The maximum Gasteiger partial charge on any atom is 0.333 e. The van der Waals surface area contributed by atoms with E-state index >= 15 is 0 Å². The first-order chi connectivity index (χ1) is 11.0. The lowest BCUT2D eigenvalue weighted by molar-refractivity contribution is -0.133. The summed E-state index contributed by atoms with van der Waals surface area (Å²) in [5.41, 5.74) is 2.47. The van der Waals surface area contributed by atoms with E-state index in [1.54, 1.807) is 0 Å². The van der Waals surface area contributed by atoms with Crippen LogP contribution < -0.4 is 5.32 Å². The number of halogens is 2. The van der Waals surface area contributed by atoms with E-state index in [1.807, 2.05) is 42.5 Å². The Morgan fingerprint density at radius 1 is 1.04 bits per heavy atom. The van der Waals surface area contributed by atoms with Crippen molar-refractivity contribution >= 4 is 37.8 Å². The summed E-state index contributed by atoms with van der Waals surface area (Å²) in [5.74, 6) is -0.879. The van der Waals surface area contributed by atoms with Crippen LogP contribution in [0.4, 0.5) is 0 Å². The van der Waals surface area contributed by atoms with Crippen LogP contribution in [0.5, 0.6) is 0 Å². The quantitative estimate of drug-likeness (QED) is 0.711. The number of carboxylic acid groups (broad SMARTS) is 1. The lowest BCUT2D eigenvalue weighted by Gasteiger charge is -2.31. The third-order valence-electron chi connectivity index (χ3n) is 3.93. The molecule has 2 N–H and O–H groups in total. The summed E-state index contributed by atoms with van der Waals surface area (Å²) in [6.45, 7) is 0. The monoisotopic (exact) mass is 435 g/mol. The molecule has 23 heavy (non-hydrogen) atoms. The van der Waals surface area contributed by atoms with Crippen LogP contribution in [0.3, 0.4) is 0 Å². The van der Waals surface area contributed by atoms with E-state index in [0.717, 1.165) is 20.1 Å². The van der Waals surface area contributed by atoms with E-state index in [4.69, 9.17) is 0 Å². The average molecular weight is 437 g/mol. The maximum atomic E-state index is 11.6. The molecule has 0 radical (unpaired) electrons. The fourth-order valence-corrected chi connectivity index (χ4v) is 3.68. The minimum absolute atomic E-state index is 0.0829. The Hall–Kier alpha value is -1.43. The van der Waals surface area contributed by atoms with Gasteiger partial charge in [-0.15, -0.1) is 0 Å². The number of hydrogen-bond donors (Lipinski definition) is 2. The minimum Gasteiger partial charge on any atom is -0.478 e. The molecule has 3 nitrogen and oxygen atoms in total. The number of hydrogen-bond acceptors (Lipinski definition) is 2. The number of benzene rings is 2. The highest BCUT2D eigenvalue weighted by atomic mass is 79.9. The Labute approximate surface area is 151 Å². The summed E-state index contributed by atoms with van der Waals surface area (Å²) >= 11 is 6.94. The van der Waals surface area contributed by atoms with E-state index in [0.29, 0.717) is 12.0 Å². The van der Waals surface area contributed by atoms with Gasteiger partial charge in [-0.25, -0.2) is 4.79 Å². The van der Waals surface area contributed by atoms with Crippen molar-refractivity contribution in [1.29, 1.82) is 0 Å². The predicted octanol–water partition coefficient (Wildman–Crippen LogP) is 5.00. The van der Waals surface area contributed by atoms with Gasteiger partial charge in [-0.05, 0) is 41.8 Å². The Morgan fingerprint density at radius 2 is 1.65 bits per heavy atom. The molecular formula is C18H15Br2NO2. The number of aliphatic carboxylic acids is 1. The normalized spacial score (nSPS) is 20.9. The molecule has 0 aromatic heterocycles. The second-order valence-corrected chi connectivity index (χ2v) is 7.29. The van der Waals surface area contributed by atoms with Crippen LogP contribution in [0, 0.1) is 0 Å². The molecule has 0 aliphatic carbocycles. The molecule has 0 fully saturated rings. The Morgan fingerprint density at radius 3 is 2.26 bits per heavy atom. The first-order valence-electron chi connectivity index (χ1n) is 7.25. The Balaban J connectivity index is 1.97. The summed E-state index contributed by atoms with van der Waals surface area (Å²) in [6.07, 6.45) is 2.48. The first kappa shape index (κ1) is 16.4. The lowest BCUT2D eigenvalue weighted by Crippen LogP contribution is -2.33. The molecule has 0 amide bonds. The summed E-state index contributed by atoms with van der Waals surface area (Å²) in [5, 5.41) is 13.0. The highest BCUT2D eigenvalue weighted by molar-refractivity contribution is 9.10. The molecule has 0 saturated heterocycles. The van der Waals surface area contributed by atoms with Crippen LogP contribution in [0.25, 0.3) is 0 Å². The molecule has 0 spiro atoms. The molecule has 3 rings (SSSR count). The van der Waals surface area contributed by atoms with Crippen molar-refractivity contribution in [3.05, 3.63) is 80.3 Å². The number of carboxylic acids is 1. The molecule has 2 unspecified atom stereocenters. The minimum atomic E-state index is -0.879. The van der Waals surface area contributed by atoms with Crippen LogP contribution >= 0.6 is 31.9 Å². The van der Waals surface area contributed by atoms with Gasteiger partial charge in [0.25, 0.3) is 0 Å². The largest absolute Gasteiger partial charge is 0.478 e.